The van der Waals surface area contributed by atoms with Crippen LogP contribution in [0, 0.1) is 6.92 Å². The van der Waals surface area contributed by atoms with Gasteiger partial charge in [-0.3, -0.25) is 9.59 Å². The highest BCUT2D eigenvalue weighted by atomic mass is 35.5. The molecule has 1 heterocycles. The number of halogens is 1. The fraction of sp³-hybridized carbons (Fsp3) is 0.500. The van der Waals surface area contributed by atoms with Crippen molar-refractivity contribution in [3.63, 3.8) is 0 Å². The number of nitrogens with zero attached hydrogens (tertiary/aromatic N) is 1. The van der Waals surface area contributed by atoms with Crippen LogP contribution in [0.4, 0.5) is 5.69 Å². The molecule has 7 heteroatoms. The summed E-state index contributed by atoms with van der Waals surface area (Å²) in [5.74, 6) is 0.329. The van der Waals surface area contributed by atoms with Gasteiger partial charge in [0.1, 0.15) is 0 Å². The van der Waals surface area contributed by atoms with Gasteiger partial charge in [0, 0.05) is 31.9 Å². The number of nitrogens with one attached hydrogen (secondary N) is 2. The largest absolute Gasteiger partial charge is 0.339 e. The van der Waals surface area contributed by atoms with Crippen molar-refractivity contribution >= 4 is 41.7 Å². The van der Waals surface area contributed by atoms with Gasteiger partial charge in [-0.1, -0.05) is 17.7 Å². The Labute approximate surface area is 148 Å². The van der Waals surface area contributed by atoms with Crippen LogP contribution in [-0.2, 0) is 9.59 Å². The Kier molecular flexibility index (Phi) is 8.44. The summed E-state index contributed by atoms with van der Waals surface area (Å²) in [5.41, 5.74) is 1.94. The van der Waals surface area contributed by atoms with Gasteiger partial charge in [0.25, 0.3) is 0 Å². The molecule has 0 bridgehead atoms. The van der Waals surface area contributed by atoms with E-state index in [0.29, 0.717) is 0 Å². The first-order valence-corrected chi connectivity index (χ1v) is 8.59. The summed E-state index contributed by atoms with van der Waals surface area (Å²) in [5, 5.41) is 5.88. The predicted molar refractivity (Wildman–Crippen MR) is 98.4 cm³/mol. The summed E-state index contributed by atoms with van der Waals surface area (Å²) >= 11 is 1.38. The second kappa shape index (κ2) is 9.80. The molecule has 128 valence electrons. The van der Waals surface area contributed by atoms with E-state index >= 15 is 0 Å². The number of carbonyl (C=O) groups is 2. The highest BCUT2D eigenvalue weighted by molar-refractivity contribution is 8.01. The number of carbonyl (C=O) groups excluding carboxylic acids is 2. The molecule has 2 N–H and O–H groups in total. The summed E-state index contributed by atoms with van der Waals surface area (Å²) in [4.78, 5) is 26.1. The number of benzene rings is 1. The number of hydrogen-bond donors (Lipinski definition) is 2. The third kappa shape index (κ3) is 6.41. The first-order valence-electron chi connectivity index (χ1n) is 7.54. The zero-order chi connectivity index (χ0) is 15.9. The quantitative estimate of drug-likeness (QED) is 0.845. The minimum atomic E-state index is -0.193. The molecular formula is C16H24ClN3O2S. The van der Waals surface area contributed by atoms with Crippen molar-refractivity contribution < 1.29 is 9.59 Å². The van der Waals surface area contributed by atoms with E-state index in [9.17, 15) is 9.59 Å². The maximum absolute atomic E-state index is 12.3. The van der Waals surface area contributed by atoms with Crippen LogP contribution in [0.2, 0.25) is 0 Å². The van der Waals surface area contributed by atoms with Crippen LogP contribution in [0.1, 0.15) is 12.5 Å². The summed E-state index contributed by atoms with van der Waals surface area (Å²) in [7, 11) is 0. The van der Waals surface area contributed by atoms with Crippen LogP contribution in [0.25, 0.3) is 0 Å². The minimum absolute atomic E-state index is 0. The second-order valence-electron chi connectivity index (χ2n) is 5.44. The van der Waals surface area contributed by atoms with Gasteiger partial charge >= 0.3 is 0 Å². The smallest absolute Gasteiger partial charge is 0.235 e. The molecule has 1 aromatic rings. The van der Waals surface area contributed by atoms with E-state index in [0.717, 1.165) is 37.4 Å². The van der Waals surface area contributed by atoms with E-state index in [4.69, 9.17) is 0 Å². The molecule has 1 aliphatic heterocycles. The molecule has 1 saturated heterocycles. The molecule has 1 aliphatic rings. The van der Waals surface area contributed by atoms with Gasteiger partial charge < -0.3 is 15.5 Å². The van der Waals surface area contributed by atoms with Crippen molar-refractivity contribution in [2.75, 3.05) is 37.2 Å². The van der Waals surface area contributed by atoms with Crippen LogP contribution < -0.4 is 10.6 Å². The summed E-state index contributed by atoms with van der Waals surface area (Å²) in [6, 6.07) is 7.68. The Hall–Kier alpha value is -1.24. The normalized spacial score (nSPS) is 15.5. The number of aryl methyl sites for hydroxylation is 1. The van der Waals surface area contributed by atoms with Gasteiger partial charge in [0.15, 0.2) is 0 Å². The number of thioether (sulfide) groups is 1. The highest BCUT2D eigenvalue weighted by Crippen LogP contribution is 2.15. The lowest BCUT2D eigenvalue weighted by Crippen LogP contribution is -2.48. The van der Waals surface area contributed by atoms with Crippen molar-refractivity contribution in [2.45, 2.75) is 19.1 Å². The molecule has 1 aromatic carbocycles. The van der Waals surface area contributed by atoms with E-state index in [2.05, 4.69) is 10.6 Å². The summed E-state index contributed by atoms with van der Waals surface area (Å²) in [6.07, 6.45) is 0. The van der Waals surface area contributed by atoms with Gasteiger partial charge in [-0.05, 0) is 26.0 Å². The predicted octanol–water partition coefficient (Wildman–Crippen LogP) is 1.91. The zero-order valence-corrected chi connectivity index (χ0v) is 15.1. The maximum atomic E-state index is 12.3. The van der Waals surface area contributed by atoms with Gasteiger partial charge in [0.05, 0.1) is 11.0 Å². The number of hydrogen-bond acceptors (Lipinski definition) is 4. The molecule has 1 atom stereocenters. The first kappa shape index (κ1) is 19.8. The summed E-state index contributed by atoms with van der Waals surface area (Å²) in [6.45, 7) is 7.06. The number of piperazine rings is 1. The van der Waals surface area contributed by atoms with E-state index < -0.39 is 0 Å². The van der Waals surface area contributed by atoms with Crippen LogP contribution in [0.5, 0.6) is 0 Å². The summed E-state index contributed by atoms with van der Waals surface area (Å²) < 4.78 is 0. The van der Waals surface area contributed by atoms with Crippen LogP contribution >= 0.6 is 24.2 Å². The first-order chi connectivity index (χ1) is 10.6. The molecule has 1 unspecified atom stereocenters. The van der Waals surface area contributed by atoms with Crippen LogP contribution in [-0.4, -0.2) is 53.9 Å². The standard InChI is InChI=1S/C16H23N3O2S.ClH/c1-12-3-5-14(6-4-12)18-15(20)11-22-13(2)16(21)19-9-7-17-8-10-19;/h3-6,13,17H,7-11H2,1-2H3,(H,18,20);1H. The average Bonchev–Trinajstić information content (AvgIpc) is 2.55. The molecule has 5 nitrogen and oxygen atoms in total. The fourth-order valence-corrected chi connectivity index (χ4v) is 3.01. The van der Waals surface area contributed by atoms with E-state index in [1.807, 2.05) is 43.0 Å². The Morgan fingerprint density at radius 2 is 1.87 bits per heavy atom. The molecule has 0 saturated carbocycles. The van der Waals surface area contributed by atoms with Gasteiger partial charge in [-0.15, -0.1) is 24.2 Å². The zero-order valence-electron chi connectivity index (χ0n) is 13.5. The molecule has 0 radical (unpaired) electrons. The highest BCUT2D eigenvalue weighted by Gasteiger charge is 2.22. The maximum Gasteiger partial charge on any atom is 0.235 e. The monoisotopic (exact) mass is 357 g/mol. The van der Waals surface area contributed by atoms with Crippen LogP contribution in [0.3, 0.4) is 0 Å². The lowest BCUT2D eigenvalue weighted by molar-refractivity contribution is -0.130. The topological polar surface area (TPSA) is 61.4 Å². The number of amides is 2. The Morgan fingerprint density at radius 1 is 1.26 bits per heavy atom. The molecule has 1 fully saturated rings. The lowest BCUT2D eigenvalue weighted by Gasteiger charge is -2.29. The van der Waals surface area contributed by atoms with Crippen LogP contribution in [0.15, 0.2) is 24.3 Å². The van der Waals surface area contributed by atoms with Gasteiger partial charge in [-0.2, -0.15) is 0 Å². The van der Waals surface area contributed by atoms with Crippen molar-refractivity contribution in [3.05, 3.63) is 29.8 Å². The van der Waals surface area contributed by atoms with Gasteiger partial charge in [0.2, 0.25) is 11.8 Å². The molecule has 0 aromatic heterocycles. The van der Waals surface area contributed by atoms with Crippen molar-refractivity contribution in [3.8, 4) is 0 Å². The lowest BCUT2D eigenvalue weighted by atomic mass is 10.2. The third-order valence-corrected chi connectivity index (χ3v) is 4.71. The van der Waals surface area contributed by atoms with E-state index in [-0.39, 0.29) is 35.2 Å². The fourth-order valence-electron chi connectivity index (χ4n) is 2.25. The van der Waals surface area contributed by atoms with Gasteiger partial charge in [-0.25, -0.2) is 0 Å². The number of rotatable bonds is 5. The Bertz CT molecular complexity index is 519. The SMILES string of the molecule is Cc1ccc(NC(=O)CSC(C)C(=O)N2CCNCC2)cc1.Cl. The van der Waals surface area contributed by atoms with Crippen molar-refractivity contribution in [2.24, 2.45) is 0 Å². The molecule has 2 amide bonds. The van der Waals surface area contributed by atoms with E-state index in [1.165, 1.54) is 11.8 Å². The minimum Gasteiger partial charge on any atom is -0.339 e. The molecule has 2 rings (SSSR count). The van der Waals surface area contributed by atoms with Crippen molar-refractivity contribution in [1.82, 2.24) is 10.2 Å². The molecule has 23 heavy (non-hydrogen) atoms. The molecule has 0 aliphatic carbocycles. The molecule has 0 spiro atoms. The van der Waals surface area contributed by atoms with E-state index in [1.54, 1.807) is 0 Å². The molecular weight excluding hydrogens is 334 g/mol. The average molecular weight is 358 g/mol. The Balaban J connectivity index is 0.00000264. The van der Waals surface area contributed by atoms with Crippen molar-refractivity contribution in [1.29, 1.82) is 0 Å². The third-order valence-electron chi connectivity index (χ3n) is 3.58. The number of anilines is 1. The second-order valence-corrected chi connectivity index (χ2v) is 6.77. The Morgan fingerprint density at radius 3 is 2.48 bits per heavy atom.